The van der Waals surface area contributed by atoms with Crippen LogP contribution in [0.3, 0.4) is 0 Å². The van der Waals surface area contributed by atoms with Gasteiger partial charge in [-0.3, -0.25) is 14.5 Å². The highest BCUT2D eigenvalue weighted by Gasteiger charge is 2.32. The van der Waals surface area contributed by atoms with Gasteiger partial charge in [-0.25, -0.2) is 0 Å². The highest BCUT2D eigenvalue weighted by atomic mass is 16.2. The molecular weight excluding hydrogens is 328 g/mol. The molecule has 2 aliphatic heterocycles. The van der Waals surface area contributed by atoms with Gasteiger partial charge in [-0.2, -0.15) is 0 Å². The van der Waals surface area contributed by atoms with E-state index in [1.54, 1.807) is 0 Å². The number of piperazine rings is 1. The first kappa shape index (κ1) is 18.9. The normalized spacial score (nSPS) is 23.7. The highest BCUT2D eigenvalue weighted by molar-refractivity contribution is 5.90. The second-order valence-corrected chi connectivity index (χ2v) is 7.46. The maximum Gasteiger partial charge on any atom is 0.245 e. The quantitative estimate of drug-likeness (QED) is 0.851. The minimum atomic E-state index is -0.394. The third kappa shape index (κ3) is 4.62. The predicted octanol–water partition coefficient (Wildman–Crippen LogP) is 0.930. The molecule has 1 N–H and O–H groups in total. The van der Waals surface area contributed by atoms with Crippen LogP contribution in [0.15, 0.2) is 30.3 Å². The van der Waals surface area contributed by atoms with Crippen LogP contribution >= 0.6 is 0 Å². The van der Waals surface area contributed by atoms with E-state index in [4.69, 9.17) is 0 Å². The fourth-order valence-electron chi connectivity index (χ4n) is 3.70. The van der Waals surface area contributed by atoms with E-state index < -0.39 is 6.04 Å². The van der Waals surface area contributed by atoms with Crippen LogP contribution in [0.1, 0.15) is 25.3 Å². The van der Waals surface area contributed by atoms with Crippen molar-refractivity contribution in [3.63, 3.8) is 0 Å². The fourth-order valence-corrected chi connectivity index (χ4v) is 3.70. The highest BCUT2D eigenvalue weighted by Crippen LogP contribution is 2.16. The number of carbonyl (C=O) groups excluding carboxylic acids is 2. The number of likely N-dealkylation sites (tertiary alicyclic amines) is 1. The molecule has 0 saturated carbocycles. The van der Waals surface area contributed by atoms with Crippen molar-refractivity contribution in [3.05, 3.63) is 35.9 Å². The van der Waals surface area contributed by atoms with Crippen LogP contribution < -0.4 is 5.32 Å². The van der Waals surface area contributed by atoms with Crippen LogP contribution in [0.25, 0.3) is 0 Å². The van der Waals surface area contributed by atoms with Crippen molar-refractivity contribution in [3.8, 4) is 0 Å². The van der Waals surface area contributed by atoms with Gasteiger partial charge in [0.05, 0.1) is 6.04 Å². The average Bonchev–Trinajstić information content (AvgIpc) is 2.66. The van der Waals surface area contributed by atoms with Crippen molar-refractivity contribution >= 4 is 11.8 Å². The molecule has 1 aromatic rings. The summed E-state index contributed by atoms with van der Waals surface area (Å²) in [6.45, 7) is 7.05. The Hall–Kier alpha value is -1.92. The van der Waals surface area contributed by atoms with E-state index in [1.807, 2.05) is 42.2 Å². The first-order valence-corrected chi connectivity index (χ1v) is 9.60. The molecule has 0 aliphatic carbocycles. The van der Waals surface area contributed by atoms with E-state index in [1.165, 1.54) is 0 Å². The summed E-state index contributed by atoms with van der Waals surface area (Å²) in [4.78, 5) is 31.8. The molecule has 2 saturated heterocycles. The van der Waals surface area contributed by atoms with Gasteiger partial charge in [0.25, 0.3) is 0 Å². The van der Waals surface area contributed by atoms with E-state index in [-0.39, 0.29) is 17.9 Å². The van der Waals surface area contributed by atoms with Crippen LogP contribution in [0, 0.1) is 0 Å². The molecule has 6 nitrogen and oxygen atoms in total. The number of piperidine rings is 1. The number of hydrogen-bond donors (Lipinski definition) is 1. The van der Waals surface area contributed by atoms with Crippen LogP contribution in [-0.4, -0.2) is 78.4 Å². The van der Waals surface area contributed by atoms with Gasteiger partial charge in [-0.1, -0.05) is 30.3 Å². The van der Waals surface area contributed by atoms with Crippen molar-refractivity contribution in [1.82, 2.24) is 20.0 Å². The van der Waals surface area contributed by atoms with Crippen molar-refractivity contribution in [2.24, 2.45) is 0 Å². The summed E-state index contributed by atoms with van der Waals surface area (Å²) in [6.07, 6.45) is 1.65. The smallest absolute Gasteiger partial charge is 0.245 e. The zero-order chi connectivity index (χ0) is 18.5. The number of amides is 2. The summed E-state index contributed by atoms with van der Waals surface area (Å²) in [5, 5.41) is 3.01. The van der Waals surface area contributed by atoms with Gasteiger partial charge in [0, 0.05) is 39.3 Å². The zero-order valence-electron chi connectivity index (χ0n) is 15.9. The van der Waals surface area contributed by atoms with E-state index >= 15 is 0 Å². The Labute approximate surface area is 156 Å². The van der Waals surface area contributed by atoms with Crippen LogP contribution in [0.4, 0.5) is 0 Å². The molecule has 2 aliphatic rings. The topological polar surface area (TPSA) is 55.9 Å². The lowest BCUT2D eigenvalue weighted by Crippen LogP contribution is -2.57. The number of benzene rings is 1. The second kappa shape index (κ2) is 8.64. The summed E-state index contributed by atoms with van der Waals surface area (Å²) >= 11 is 0. The van der Waals surface area contributed by atoms with Gasteiger partial charge in [0.15, 0.2) is 0 Å². The molecule has 0 aromatic heterocycles. The number of hydrogen-bond acceptors (Lipinski definition) is 4. The molecule has 3 rings (SSSR count). The first-order chi connectivity index (χ1) is 12.5. The Morgan fingerprint density at radius 1 is 1.15 bits per heavy atom. The molecule has 142 valence electrons. The van der Waals surface area contributed by atoms with E-state index in [0.717, 1.165) is 51.1 Å². The maximum absolute atomic E-state index is 12.8. The Balaban J connectivity index is 1.55. The van der Waals surface area contributed by atoms with Crippen molar-refractivity contribution in [2.75, 3.05) is 39.8 Å². The molecule has 0 radical (unpaired) electrons. The maximum atomic E-state index is 12.8. The molecule has 2 fully saturated rings. The molecule has 2 unspecified atom stereocenters. The molecule has 2 heterocycles. The third-order valence-electron chi connectivity index (χ3n) is 5.53. The van der Waals surface area contributed by atoms with E-state index in [9.17, 15) is 9.59 Å². The Bertz CT molecular complexity index is 613. The molecule has 2 amide bonds. The zero-order valence-corrected chi connectivity index (χ0v) is 15.9. The molecule has 0 bridgehead atoms. The molecule has 6 heteroatoms. The van der Waals surface area contributed by atoms with E-state index in [0.29, 0.717) is 6.54 Å². The van der Waals surface area contributed by atoms with Gasteiger partial charge in [0.1, 0.15) is 6.04 Å². The second-order valence-electron chi connectivity index (χ2n) is 7.46. The number of rotatable bonds is 5. The lowest BCUT2D eigenvalue weighted by molar-refractivity contribution is -0.140. The van der Waals surface area contributed by atoms with Crippen LogP contribution in [0.5, 0.6) is 0 Å². The summed E-state index contributed by atoms with van der Waals surface area (Å²) in [7, 11) is 2.10. The largest absolute Gasteiger partial charge is 0.343 e. The summed E-state index contributed by atoms with van der Waals surface area (Å²) in [5.74, 6) is 0.00787. The standard InChI is InChI=1S/C20H30N4O2/c1-16(23-13-11-22(2)12-14-23)19(25)21-18-9-6-10-24(20(18)26)15-17-7-4-3-5-8-17/h3-5,7-8,16,18H,6,9-15H2,1-2H3,(H,21,25). The minimum absolute atomic E-state index is 0.0329. The van der Waals surface area contributed by atoms with Gasteiger partial charge in [-0.15, -0.1) is 0 Å². The summed E-state index contributed by atoms with van der Waals surface area (Å²) in [6, 6.07) is 9.43. The summed E-state index contributed by atoms with van der Waals surface area (Å²) < 4.78 is 0. The van der Waals surface area contributed by atoms with Gasteiger partial charge < -0.3 is 15.1 Å². The molecular formula is C20H30N4O2. The SMILES string of the molecule is CC(C(=O)NC1CCCN(Cc2ccccc2)C1=O)N1CCN(C)CC1. The van der Waals surface area contributed by atoms with E-state index in [2.05, 4.69) is 22.2 Å². The van der Waals surface area contributed by atoms with Crippen molar-refractivity contribution < 1.29 is 9.59 Å². The van der Waals surface area contributed by atoms with Crippen LogP contribution in [0.2, 0.25) is 0 Å². The minimum Gasteiger partial charge on any atom is -0.343 e. The first-order valence-electron chi connectivity index (χ1n) is 9.60. The van der Waals surface area contributed by atoms with Crippen molar-refractivity contribution in [1.29, 1.82) is 0 Å². The number of carbonyl (C=O) groups is 2. The monoisotopic (exact) mass is 358 g/mol. The third-order valence-corrected chi connectivity index (χ3v) is 5.53. The number of nitrogens with zero attached hydrogens (tertiary/aromatic N) is 3. The van der Waals surface area contributed by atoms with Crippen molar-refractivity contribution in [2.45, 2.75) is 38.4 Å². The fraction of sp³-hybridized carbons (Fsp3) is 0.600. The Kier molecular flexibility index (Phi) is 6.27. The van der Waals surface area contributed by atoms with Gasteiger partial charge in [-0.05, 0) is 32.4 Å². The molecule has 26 heavy (non-hydrogen) atoms. The van der Waals surface area contributed by atoms with Crippen LogP contribution in [-0.2, 0) is 16.1 Å². The average molecular weight is 358 g/mol. The molecule has 0 spiro atoms. The van der Waals surface area contributed by atoms with Gasteiger partial charge in [0.2, 0.25) is 11.8 Å². The predicted molar refractivity (Wildman–Crippen MR) is 102 cm³/mol. The summed E-state index contributed by atoms with van der Waals surface area (Å²) in [5.41, 5.74) is 1.12. The Morgan fingerprint density at radius 2 is 1.85 bits per heavy atom. The number of likely N-dealkylation sites (N-methyl/N-ethyl adjacent to an activating group) is 1. The molecule has 2 atom stereocenters. The number of nitrogens with one attached hydrogen (secondary N) is 1. The molecule has 1 aromatic carbocycles. The van der Waals surface area contributed by atoms with Gasteiger partial charge >= 0.3 is 0 Å². The lowest BCUT2D eigenvalue weighted by atomic mass is 10.0. The lowest BCUT2D eigenvalue weighted by Gasteiger charge is -2.37. The Morgan fingerprint density at radius 3 is 2.54 bits per heavy atom.